The van der Waals surface area contributed by atoms with E-state index < -0.39 is 23.7 Å². The molecule has 0 saturated heterocycles. The molecule has 0 aromatic carbocycles. The van der Waals surface area contributed by atoms with Gasteiger partial charge in [0.1, 0.15) is 11.6 Å². The number of hydrogen-bond donors (Lipinski definition) is 1. The van der Waals surface area contributed by atoms with E-state index in [1.54, 1.807) is 20.8 Å². The molecule has 0 spiro atoms. The number of amides is 1. The van der Waals surface area contributed by atoms with Gasteiger partial charge in [0.05, 0.1) is 7.11 Å². The SMILES string of the molecule is COC(=O)[C@H](CC1CCCCC1)NC(=O)OC(C)(C)C. The van der Waals surface area contributed by atoms with Crippen molar-refractivity contribution in [2.45, 2.75) is 70.9 Å². The topological polar surface area (TPSA) is 64.6 Å². The third-order valence-corrected chi connectivity index (χ3v) is 3.47. The molecule has 1 aliphatic rings. The van der Waals surface area contributed by atoms with E-state index in [4.69, 9.17) is 9.47 Å². The van der Waals surface area contributed by atoms with Gasteiger partial charge in [-0.1, -0.05) is 32.1 Å². The number of nitrogens with one attached hydrogen (secondary N) is 1. The van der Waals surface area contributed by atoms with E-state index in [2.05, 4.69) is 5.32 Å². The van der Waals surface area contributed by atoms with E-state index in [0.717, 1.165) is 12.8 Å². The summed E-state index contributed by atoms with van der Waals surface area (Å²) >= 11 is 0. The van der Waals surface area contributed by atoms with Crippen molar-refractivity contribution in [1.29, 1.82) is 0 Å². The van der Waals surface area contributed by atoms with Crippen molar-refractivity contribution in [2.75, 3.05) is 7.11 Å². The number of methoxy groups -OCH3 is 1. The van der Waals surface area contributed by atoms with E-state index in [9.17, 15) is 9.59 Å². The summed E-state index contributed by atoms with van der Waals surface area (Å²) in [6.07, 6.45) is 5.96. The summed E-state index contributed by atoms with van der Waals surface area (Å²) in [6, 6.07) is -0.613. The van der Waals surface area contributed by atoms with Gasteiger partial charge in [0.2, 0.25) is 0 Å². The molecule has 0 aromatic rings. The predicted molar refractivity (Wildman–Crippen MR) is 76.4 cm³/mol. The van der Waals surface area contributed by atoms with E-state index in [1.165, 1.54) is 26.4 Å². The summed E-state index contributed by atoms with van der Waals surface area (Å²) in [5.41, 5.74) is -0.574. The Morgan fingerprint density at radius 3 is 2.30 bits per heavy atom. The monoisotopic (exact) mass is 285 g/mol. The molecule has 0 aliphatic heterocycles. The van der Waals surface area contributed by atoms with Gasteiger partial charge in [-0.15, -0.1) is 0 Å². The quantitative estimate of drug-likeness (QED) is 0.806. The summed E-state index contributed by atoms with van der Waals surface area (Å²) in [5.74, 6) is 0.0734. The number of ether oxygens (including phenoxy) is 2. The van der Waals surface area contributed by atoms with Gasteiger partial charge in [-0.2, -0.15) is 0 Å². The summed E-state index contributed by atoms with van der Waals surface area (Å²) < 4.78 is 9.97. The van der Waals surface area contributed by atoms with E-state index in [1.807, 2.05) is 0 Å². The van der Waals surface area contributed by atoms with E-state index >= 15 is 0 Å². The summed E-state index contributed by atoms with van der Waals surface area (Å²) in [6.45, 7) is 5.38. The molecule has 116 valence electrons. The van der Waals surface area contributed by atoms with Gasteiger partial charge in [-0.25, -0.2) is 9.59 Å². The lowest BCUT2D eigenvalue weighted by Crippen LogP contribution is -2.45. The molecule has 0 unspecified atom stereocenters. The standard InChI is InChI=1S/C15H27NO4/c1-15(2,3)20-14(18)16-12(13(17)19-4)10-11-8-6-5-7-9-11/h11-12H,5-10H2,1-4H3,(H,16,18)/t12-/m0/s1. The van der Waals surface area contributed by atoms with Crippen LogP contribution in [0.1, 0.15) is 59.3 Å². The van der Waals surface area contributed by atoms with Gasteiger partial charge in [0, 0.05) is 0 Å². The smallest absolute Gasteiger partial charge is 0.408 e. The van der Waals surface area contributed by atoms with Gasteiger partial charge in [0.25, 0.3) is 0 Å². The molecule has 20 heavy (non-hydrogen) atoms. The normalized spacial score (nSPS) is 18.2. The van der Waals surface area contributed by atoms with E-state index in [-0.39, 0.29) is 0 Å². The fraction of sp³-hybridized carbons (Fsp3) is 0.867. The molecule has 1 amide bonds. The van der Waals surface area contributed by atoms with Crippen LogP contribution in [-0.4, -0.2) is 30.8 Å². The molecular formula is C15H27NO4. The number of esters is 1. The minimum atomic E-state index is -0.613. The van der Waals surface area contributed by atoms with Gasteiger partial charge in [-0.05, 0) is 33.1 Å². The largest absolute Gasteiger partial charge is 0.467 e. The minimum absolute atomic E-state index is 0.401. The van der Waals surface area contributed by atoms with Crippen LogP contribution >= 0.6 is 0 Å². The van der Waals surface area contributed by atoms with Crippen LogP contribution in [-0.2, 0) is 14.3 Å². The molecule has 1 atom stereocenters. The first-order chi connectivity index (χ1) is 9.31. The van der Waals surface area contributed by atoms with Gasteiger partial charge >= 0.3 is 12.1 Å². The Bertz CT molecular complexity index is 329. The Hall–Kier alpha value is -1.26. The van der Waals surface area contributed by atoms with Crippen molar-refractivity contribution in [3.63, 3.8) is 0 Å². The molecule has 0 heterocycles. The third kappa shape index (κ3) is 6.26. The maximum absolute atomic E-state index is 11.8. The molecule has 0 aromatic heterocycles. The molecule has 0 radical (unpaired) electrons. The Morgan fingerprint density at radius 2 is 1.80 bits per heavy atom. The maximum atomic E-state index is 11.8. The Labute approximate surface area is 121 Å². The first kappa shape index (κ1) is 16.8. The number of hydrogen-bond acceptors (Lipinski definition) is 4. The van der Waals surface area contributed by atoms with Gasteiger partial charge in [-0.3, -0.25) is 0 Å². The zero-order valence-electron chi connectivity index (χ0n) is 13.0. The van der Waals surface area contributed by atoms with Crippen LogP contribution in [0.25, 0.3) is 0 Å². The average molecular weight is 285 g/mol. The molecule has 1 rings (SSSR count). The highest BCUT2D eigenvalue weighted by atomic mass is 16.6. The third-order valence-electron chi connectivity index (χ3n) is 3.47. The molecule has 1 N–H and O–H groups in total. The number of carbonyl (C=O) groups excluding carboxylic acids is 2. The van der Waals surface area contributed by atoms with E-state index in [0.29, 0.717) is 12.3 Å². The van der Waals surface area contributed by atoms with Crippen LogP contribution in [0, 0.1) is 5.92 Å². The zero-order valence-corrected chi connectivity index (χ0v) is 13.0. The average Bonchev–Trinajstić information content (AvgIpc) is 2.36. The second-order valence-electron chi connectivity index (χ2n) is 6.46. The summed E-state index contributed by atoms with van der Waals surface area (Å²) in [4.78, 5) is 23.6. The molecule has 1 aliphatic carbocycles. The fourth-order valence-corrected chi connectivity index (χ4v) is 2.56. The maximum Gasteiger partial charge on any atom is 0.408 e. The van der Waals surface area contributed by atoms with Crippen LogP contribution in [0.2, 0.25) is 0 Å². The predicted octanol–water partition coefficient (Wildman–Crippen LogP) is 3.02. The second kappa shape index (κ2) is 7.50. The molecule has 0 bridgehead atoms. The highest BCUT2D eigenvalue weighted by molar-refractivity contribution is 5.81. The first-order valence-corrected chi connectivity index (χ1v) is 7.39. The van der Waals surface area contributed by atoms with Crippen molar-refractivity contribution >= 4 is 12.1 Å². The molecular weight excluding hydrogens is 258 g/mol. The minimum Gasteiger partial charge on any atom is -0.467 e. The summed E-state index contributed by atoms with van der Waals surface area (Å²) in [5, 5.41) is 2.64. The Balaban J connectivity index is 2.55. The first-order valence-electron chi connectivity index (χ1n) is 7.39. The lowest BCUT2D eigenvalue weighted by atomic mass is 9.85. The van der Waals surface area contributed by atoms with Crippen molar-refractivity contribution in [3.8, 4) is 0 Å². The summed E-state index contributed by atoms with van der Waals surface area (Å²) in [7, 11) is 1.34. The van der Waals surface area contributed by atoms with Crippen molar-refractivity contribution in [2.24, 2.45) is 5.92 Å². The lowest BCUT2D eigenvalue weighted by Gasteiger charge is -2.27. The van der Waals surface area contributed by atoms with Crippen LogP contribution in [0.3, 0.4) is 0 Å². The zero-order chi connectivity index (χ0) is 15.2. The Kier molecular flexibility index (Phi) is 6.30. The van der Waals surface area contributed by atoms with Gasteiger partial charge in [0.15, 0.2) is 0 Å². The molecule has 5 heteroatoms. The highest BCUT2D eigenvalue weighted by Gasteiger charge is 2.28. The van der Waals surface area contributed by atoms with Crippen LogP contribution in [0.4, 0.5) is 4.79 Å². The van der Waals surface area contributed by atoms with Crippen molar-refractivity contribution in [1.82, 2.24) is 5.32 Å². The lowest BCUT2D eigenvalue weighted by molar-refractivity contribution is -0.143. The Morgan fingerprint density at radius 1 is 1.20 bits per heavy atom. The van der Waals surface area contributed by atoms with Gasteiger partial charge < -0.3 is 14.8 Å². The van der Waals surface area contributed by atoms with Crippen molar-refractivity contribution < 1.29 is 19.1 Å². The molecule has 1 saturated carbocycles. The van der Waals surface area contributed by atoms with Crippen LogP contribution in [0.5, 0.6) is 0 Å². The van der Waals surface area contributed by atoms with Crippen LogP contribution < -0.4 is 5.32 Å². The molecule has 1 fully saturated rings. The number of rotatable bonds is 4. The van der Waals surface area contributed by atoms with Crippen LogP contribution in [0.15, 0.2) is 0 Å². The van der Waals surface area contributed by atoms with Crippen molar-refractivity contribution in [3.05, 3.63) is 0 Å². The second-order valence-corrected chi connectivity index (χ2v) is 6.46. The number of alkyl carbamates (subject to hydrolysis) is 1. The fourth-order valence-electron chi connectivity index (χ4n) is 2.56. The highest BCUT2D eigenvalue weighted by Crippen LogP contribution is 2.27. The molecule has 5 nitrogen and oxygen atoms in total. The number of carbonyl (C=O) groups is 2.